The van der Waals surface area contributed by atoms with Gasteiger partial charge in [-0.05, 0) is 38.4 Å². The fourth-order valence-electron chi connectivity index (χ4n) is 3.62. The second-order valence-corrected chi connectivity index (χ2v) is 5.54. The van der Waals surface area contributed by atoms with Crippen molar-refractivity contribution in [3.63, 3.8) is 0 Å². The second-order valence-electron chi connectivity index (χ2n) is 5.54. The summed E-state index contributed by atoms with van der Waals surface area (Å²) in [4.78, 5) is 0. The summed E-state index contributed by atoms with van der Waals surface area (Å²) in [6.07, 6.45) is 0. The van der Waals surface area contributed by atoms with E-state index in [-0.39, 0.29) is 5.82 Å². The van der Waals surface area contributed by atoms with E-state index in [4.69, 9.17) is 0 Å². The highest BCUT2D eigenvalue weighted by Crippen LogP contribution is 2.40. The van der Waals surface area contributed by atoms with Gasteiger partial charge in [0.2, 0.25) is 0 Å². The first-order chi connectivity index (χ1) is 10.3. The Morgan fingerprint density at radius 2 is 1.05 bits per heavy atom. The molecular formula is C20H11F. The first-order valence-electron chi connectivity index (χ1n) is 7.08. The average molecular weight is 270 g/mol. The minimum Gasteiger partial charge on any atom is -0.206 e. The van der Waals surface area contributed by atoms with Crippen molar-refractivity contribution in [2.45, 2.75) is 0 Å². The van der Waals surface area contributed by atoms with Gasteiger partial charge in [-0.25, -0.2) is 4.39 Å². The number of benzene rings is 5. The van der Waals surface area contributed by atoms with Gasteiger partial charge in [-0.3, -0.25) is 0 Å². The third kappa shape index (κ3) is 1.28. The van der Waals surface area contributed by atoms with Gasteiger partial charge in [-0.15, -0.1) is 0 Å². The van der Waals surface area contributed by atoms with Crippen molar-refractivity contribution in [2.75, 3.05) is 0 Å². The highest BCUT2D eigenvalue weighted by molar-refractivity contribution is 6.32. The zero-order valence-electron chi connectivity index (χ0n) is 11.2. The number of fused-ring (bicyclic) bond motifs is 2. The standard InChI is InChI=1S/C20H11F/c21-17-11-10-13-6-2-8-15-14-7-1-4-12-5-3-9-16(18(12)14)20(17)19(13)15/h1-11H. The van der Waals surface area contributed by atoms with Crippen LogP contribution in [0.2, 0.25) is 0 Å². The zero-order valence-corrected chi connectivity index (χ0v) is 11.2. The minimum atomic E-state index is -0.142. The summed E-state index contributed by atoms with van der Waals surface area (Å²) in [6, 6.07) is 22.1. The van der Waals surface area contributed by atoms with Crippen molar-refractivity contribution < 1.29 is 4.39 Å². The lowest BCUT2D eigenvalue weighted by molar-refractivity contribution is 0.641. The van der Waals surface area contributed by atoms with Crippen LogP contribution in [0.25, 0.3) is 43.1 Å². The van der Waals surface area contributed by atoms with Crippen LogP contribution in [0.4, 0.5) is 4.39 Å². The summed E-state index contributed by atoms with van der Waals surface area (Å²) in [6.45, 7) is 0. The van der Waals surface area contributed by atoms with Crippen LogP contribution in [0.1, 0.15) is 0 Å². The molecule has 0 atom stereocenters. The zero-order chi connectivity index (χ0) is 14.0. The lowest BCUT2D eigenvalue weighted by atomic mass is 9.90. The van der Waals surface area contributed by atoms with Gasteiger partial charge in [0, 0.05) is 10.8 Å². The van der Waals surface area contributed by atoms with Crippen LogP contribution in [-0.4, -0.2) is 0 Å². The maximum absolute atomic E-state index is 14.6. The molecule has 0 fully saturated rings. The van der Waals surface area contributed by atoms with Gasteiger partial charge < -0.3 is 0 Å². The topological polar surface area (TPSA) is 0 Å². The molecule has 0 unspecified atom stereocenters. The Morgan fingerprint density at radius 3 is 1.76 bits per heavy atom. The number of halogens is 1. The smallest absolute Gasteiger partial charge is 0.131 e. The summed E-state index contributed by atoms with van der Waals surface area (Å²) in [5.74, 6) is -0.142. The van der Waals surface area contributed by atoms with Gasteiger partial charge in [-0.2, -0.15) is 0 Å². The molecule has 0 bridgehead atoms. The van der Waals surface area contributed by atoms with Crippen LogP contribution in [-0.2, 0) is 0 Å². The number of rotatable bonds is 0. The Bertz CT molecular complexity index is 1130. The molecule has 0 spiro atoms. The van der Waals surface area contributed by atoms with Crippen molar-refractivity contribution in [3.05, 3.63) is 72.5 Å². The SMILES string of the molecule is Fc1ccc2cccc3c4cccc5cccc(c1c23)c54. The van der Waals surface area contributed by atoms with Crippen LogP contribution >= 0.6 is 0 Å². The van der Waals surface area contributed by atoms with E-state index in [0.29, 0.717) is 0 Å². The molecule has 1 heteroatoms. The molecular weight excluding hydrogens is 259 g/mol. The predicted molar refractivity (Wildman–Crippen MR) is 87.6 cm³/mol. The maximum Gasteiger partial charge on any atom is 0.131 e. The summed E-state index contributed by atoms with van der Waals surface area (Å²) < 4.78 is 14.6. The fourth-order valence-corrected chi connectivity index (χ4v) is 3.62. The first kappa shape index (κ1) is 11.0. The molecule has 0 saturated carbocycles. The molecule has 5 aromatic carbocycles. The van der Waals surface area contributed by atoms with E-state index in [1.807, 2.05) is 24.3 Å². The van der Waals surface area contributed by atoms with Crippen LogP contribution in [0.3, 0.4) is 0 Å². The Kier molecular flexibility index (Phi) is 1.95. The van der Waals surface area contributed by atoms with E-state index in [1.54, 1.807) is 6.07 Å². The molecule has 21 heavy (non-hydrogen) atoms. The van der Waals surface area contributed by atoms with Crippen molar-refractivity contribution in [3.8, 4) is 0 Å². The van der Waals surface area contributed by atoms with E-state index in [0.717, 1.165) is 37.7 Å². The van der Waals surface area contributed by atoms with E-state index >= 15 is 0 Å². The molecule has 5 aromatic rings. The molecule has 0 heterocycles. The Hall–Kier alpha value is -2.67. The lowest BCUT2D eigenvalue weighted by Crippen LogP contribution is -1.89. The van der Waals surface area contributed by atoms with E-state index in [1.165, 1.54) is 5.39 Å². The Balaban J connectivity index is 2.32. The molecule has 0 aliphatic heterocycles. The second kappa shape index (κ2) is 3.70. The van der Waals surface area contributed by atoms with Gasteiger partial charge >= 0.3 is 0 Å². The quantitative estimate of drug-likeness (QED) is 0.243. The molecule has 0 aliphatic rings. The minimum absolute atomic E-state index is 0.142. The van der Waals surface area contributed by atoms with Crippen LogP contribution < -0.4 is 0 Å². The van der Waals surface area contributed by atoms with Crippen LogP contribution in [0.15, 0.2) is 66.7 Å². The molecule has 0 nitrogen and oxygen atoms in total. The maximum atomic E-state index is 14.6. The van der Waals surface area contributed by atoms with Gasteiger partial charge in [-0.1, -0.05) is 60.7 Å². The average Bonchev–Trinajstić information content (AvgIpc) is 2.53. The van der Waals surface area contributed by atoms with Gasteiger partial charge in [0.05, 0.1) is 0 Å². The summed E-state index contributed by atoms with van der Waals surface area (Å²) in [5, 5.41) is 8.52. The van der Waals surface area contributed by atoms with Gasteiger partial charge in [0.1, 0.15) is 5.82 Å². The fraction of sp³-hybridized carbons (Fsp3) is 0. The molecule has 0 aromatic heterocycles. The highest BCUT2D eigenvalue weighted by Gasteiger charge is 2.14. The van der Waals surface area contributed by atoms with Crippen molar-refractivity contribution in [1.82, 2.24) is 0 Å². The van der Waals surface area contributed by atoms with Crippen molar-refractivity contribution >= 4 is 43.1 Å². The van der Waals surface area contributed by atoms with Crippen molar-refractivity contribution in [2.24, 2.45) is 0 Å². The normalized spacial score (nSPS) is 12.0. The summed E-state index contributed by atoms with van der Waals surface area (Å²) in [5.41, 5.74) is 0. The molecule has 0 N–H and O–H groups in total. The lowest BCUT2D eigenvalue weighted by Gasteiger charge is -2.14. The van der Waals surface area contributed by atoms with Crippen molar-refractivity contribution in [1.29, 1.82) is 0 Å². The summed E-state index contributed by atoms with van der Waals surface area (Å²) in [7, 11) is 0. The predicted octanol–water partition coefficient (Wildman–Crippen LogP) is 5.88. The molecule has 0 aliphatic carbocycles. The Morgan fingerprint density at radius 1 is 0.476 bits per heavy atom. The largest absolute Gasteiger partial charge is 0.206 e. The molecule has 5 rings (SSSR count). The monoisotopic (exact) mass is 270 g/mol. The van der Waals surface area contributed by atoms with E-state index in [2.05, 4.69) is 36.4 Å². The molecule has 98 valence electrons. The van der Waals surface area contributed by atoms with Gasteiger partial charge in [0.25, 0.3) is 0 Å². The molecule has 0 saturated heterocycles. The third-order valence-corrected chi connectivity index (χ3v) is 4.46. The molecule has 0 amide bonds. The number of hydrogen-bond acceptors (Lipinski definition) is 0. The van der Waals surface area contributed by atoms with Crippen LogP contribution in [0.5, 0.6) is 0 Å². The first-order valence-corrected chi connectivity index (χ1v) is 7.08. The number of hydrogen-bond donors (Lipinski definition) is 0. The van der Waals surface area contributed by atoms with Gasteiger partial charge in [0.15, 0.2) is 0 Å². The Labute approximate surface area is 120 Å². The van der Waals surface area contributed by atoms with Crippen LogP contribution in [0, 0.1) is 5.82 Å². The summed E-state index contributed by atoms with van der Waals surface area (Å²) >= 11 is 0. The van der Waals surface area contributed by atoms with E-state index in [9.17, 15) is 4.39 Å². The third-order valence-electron chi connectivity index (χ3n) is 4.46. The highest BCUT2D eigenvalue weighted by atomic mass is 19.1. The van der Waals surface area contributed by atoms with E-state index < -0.39 is 0 Å². The molecule has 0 radical (unpaired) electrons.